The van der Waals surface area contributed by atoms with Crippen LogP contribution in [0.15, 0.2) is 22.9 Å². The molecule has 1 aliphatic carbocycles. The van der Waals surface area contributed by atoms with Crippen molar-refractivity contribution in [2.45, 2.75) is 83.6 Å². The van der Waals surface area contributed by atoms with Gasteiger partial charge in [0.2, 0.25) is 17.6 Å². The van der Waals surface area contributed by atoms with Crippen molar-refractivity contribution in [1.29, 1.82) is 0 Å². The summed E-state index contributed by atoms with van der Waals surface area (Å²) in [5.41, 5.74) is 2.48. The summed E-state index contributed by atoms with van der Waals surface area (Å²) < 4.78 is 5.50. The number of carbonyl (C=O) groups is 1. The molecule has 2 heterocycles. The van der Waals surface area contributed by atoms with Gasteiger partial charge in [0.1, 0.15) is 5.82 Å². The lowest BCUT2D eigenvalue weighted by Gasteiger charge is -2.22. The molecule has 0 unspecified atom stereocenters. The largest absolute Gasteiger partial charge is 0.368 e. The van der Waals surface area contributed by atoms with Gasteiger partial charge in [-0.05, 0) is 38.3 Å². The predicted octanol–water partition coefficient (Wildman–Crippen LogP) is 4.68. The van der Waals surface area contributed by atoms with Crippen molar-refractivity contribution < 1.29 is 14.5 Å². The number of anilines is 1. The van der Waals surface area contributed by atoms with Gasteiger partial charge in [0.15, 0.2) is 0 Å². The summed E-state index contributed by atoms with van der Waals surface area (Å²) in [6.07, 6.45) is 11.4. The minimum Gasteiger partial charge on any atom is -0.368 e. The smallest absolute Gasteiger partial charge is 0.244 e. The number of carbonyl (C=O) groups excluding carboxylic acids is 1. The van der Waals surface area contributed by atoms with Crippen LogP contribution in [0, 0.1) is 5.92 Å². The number of nitrogens with one attached hydrogen (secondary N) is 2. The van der Waals surface area contributed by atoms with E-state index < -0.39 is 5.91 Å². The predicted molar refractivity (Wildman–Crippen MR) is 114 cm³/mol. The average molecular weight is 416 g/mol. The number of aromatic nitrogens is 3. The molecule has 2 aromatic heterocycles. The van der Waals surface area contributed by atoms with Gasteiger partial charge in [0.05, 0.1) is 0 Å². The molecule has 1 fully saturated rings. The molecule has 8 nitrogen and oxygen atoms in total. The summed E-state index contributed by atoms with van der Waals surface area (Å²) >= 11 is 0. The molecule has 3 rings (SSSR count). The van der Waals surface area contributed by atoms with E-state index in [1.54, 1.807) is 11.7 Å². The van der Waals surface area contributed by atoms with Gasteiger partial charge >= 0.3 is 0 Å². The summed E-state index contributed by atoms with van der Waals surface area (Å²) in [5, 5.41) is 16.3. The molecule has 0 aliphatic heterocycles. The molecule has 1 aliphatic rings. The van der Waals surface area contributed by atoms with Crippen LogP contribution in [0.5, 0.6) is 0 Å². The first-order valence-corrected chi connectivity index (χ1v) is 11.0. The van der Waals surface area contributed by atoms with Gasteiger partial charge in [-0.15, -0.1) is 0 Å². The third-order valence-corrected chi connectivity index (χ3v) is 5.70. The second-order valence-electron chi connectivity index (χ2n) is 8.56. The van der Waals surface area contributed by atoms with Crippen molar-refractivity contribution in [2.75, 3.05) is 5.32 Å². The van der Waals surface area contributed by atoms with Gasteiger partial charge in [0, 0.05) is 30.1 Å². The Balaban J connectivity index is 1.64. The van der Waals surface area contributed by atoms with Crippen LogP contribution in [0.1, 0.15) is 83.4 Å². The van der Waals surface area contributed by atoms with Gasteiger partial charge in [-0.2, -0.15) is 4.98 Å². The lowest BCUT2D eigenvalue weighted by molar-refractivity contribution is -0.129. The first-order chi connectivity index (χ1) is 14.5. The standard InChI is InChI=1S/C22H33N5O3/c1-15(2)24-19-12-11-18(14-23-19)21-25-22(30-27-21)17(13-20(28)26-29)10-6-9-16-7-4-3-5-8-16/h11-12,14-17,29H,3-10,13H2,1-2H3,(H,23,24)(H,26,28)/t17-/m1/s1. The average Bonchev–Trinajstić information content (AvgIpc) is 3.24. The molecule has 164 valence electrons. The third-order valence-electron chi connectivity index (χ3n) is 5.70. The van der Waals surface area contributed by atoms with Gasteiger partial charge in [-0.3, -0.25) is 10.0 Å². The molecule has 0 radical (unpaired) electrons. The molecular weight excluding hydrogens is 382 g/mol. The van der Waals surface area contributed by atoms with Crippen molar-refractivity contribution in [1.82, 2.24) is 20.6 Å². The summed E-state index contributed by atoms with van der Waals surface area (Å²) in [5.74, 6) is 1.81. The van der Waals surface area contributed by atoms with Crippen molar-refractivity contribution in [3.63, 3.8) is 0 Å². The Morgan fingerprint density at radius 2 is 2.07 bits per heavy atom. The monoisotopic (exact) mass is 415 g/mol. The van der Waals surface area contributed by atoms with E-state index in [4.69, 9.17) is 9.73 Å². The highest BCUT2D eigenvalue weighted by Gasteiger charge is 2.23. The zero-order valence-corrected chi connectivity index (χ0v) is 17.9. The van der Waals surface area contributed by atoms with E-state index in [1.165, 1.54) is 32.1 Å². The van der Waals surface area contributed by atoms with Gasteiger partial charge in [-0.1, -0.05) is 50.1 Å². The number of hydrogen-bond acceptors (Lipinski definition) is 7. The fourth-order valence-corrected chi connectivity index (χ4v) is 4.14. The van der Waals surface area contributed by atoms with E-state index in [9.17, 15) is 4.79 Å². The molecule has 2 aromatic rings. The Bertz CT molecular complexity index is 784. The van der Waals surface area contributed by atoms with Crippen molar-refractivity contribution >= 4 is 11.7 Å². The van der Waals surface area contributed by atoms with Crippen LogP contribution in [-0.2, 0) is 4.79 Å². The molecular formula is C22H33N5O3. The zero-order chi connectivity index (χ0) is 21.3. The molecule has 0 saturated heterocycles. The van der Waals surface area contributed by atoms with Crippen LogP contribution in [0.2, 0.25) is 0 Å². The van der Waals surface area contributed by atoms with Gasteiger partial charge < -0.3 is 9.84 Å². The fourth-order valence-electron chi connectivity index (χ4n) is 4.14. The number of nitrogens with zero attached hydrogens (tertiary/aromatic N) is 3. The lowest BCUT2D eigenvalue weighted by atomic mass is 9.84. The Morgan fingerprint density at radius 3 is 2.73 bits per heavy atom. The van der Waals surface area contributed by atoms with Crippen LogP contribution in [-0.4, -0.2) is 32.3 Å². The maximum absolute atomic E-state index is 11.8. The number of pyridine rings is 1. The highest BCUT2D eigenvalue weighted by molar-refractivity contribution is 5.75. The highest BCUT2D eigenvalue weighted by atomic mass is 16.5. The van der Waals surface area contributed by atoms with E-state index >= 15 is 0 Å². The topological polar surface area (TPSA) is 113 Å². The SMILES string of the molecule is CC(C)Nc1ccc(-c2noc([C@H](CCCC3CCCCC3)CC(=O)NO)n2)cn1. The molecule has 3 N–H and O–H groups in total. The van der Waals surface area contributed by atoms with Crippen LogP contribution in [0.4, 0.5) is 5.82 Å². The first kappa shape index (κ1) is 22.2. The van der Waals surface area contributed by atoms with E-state index in [0.29, 0.717) is 17.8 Å². The first-order valence-electron chi connectivity index (χ1n) is 11.0. The van der Waals surface area contributed by atoms with E-state index in [1.807, 2.05) is 12.1 Å². The fraction of sp³-hybridized carbons (Fsp3) is 0.636. The quantitative estimate of drug-likeness (QED) is 0.381. The van der Waals surface area contributed by atoms with Gasteiger partial charge in [-0.25, -0.2) is 10.5 Å². The maximum atomic E-state index is 11.8. The molecule has 8 heteroatoms. The molecule has 1 amide bonds. The minimum absolute atomic E-state index is 0.123. The zero-order valence-electron chi connectivity index (χ0n) is 17.9. The van der Waals surface area contributed by atoms with Crippen LogP contribution >= 0.6 is 0 Å². The Hall–Kier alpha value is -2.48. The molecule has 1 atom stereocenters. The van der Waals surface area contributed by atoms with Crippen LogP contribution in [0.25, 0.3) is 11.4 Å². The number of hydroxylamine groups is 1. The second-order valence-corrected chi connectivity index (χ2v) is 8.56. The van der Waals surface area contributed by atoms with E-state index in [2.05, 4.69) is 34.3 Å². The molecule has 0 spiro atoms. The summed E-state index contributed by atoms with van der Waals surface area (Å²) in [4.78, 5) is 20.7. The molecule has 0 bridgehead atoms. The number of amides is 1. The third kappa shape index (κ3) is 6.52. The normalized spacial score (nSPS) is 15.9. The van der Waals surface area contributed by atoms with E-state index in [-0.39, 0.29) is 12.3 Å². The van der Waals surface area contributed by atoms with E-state index in [0.717, 1.165) is 36.6 Å². The van der Waals surface area contributed by atoms with Crippen molar-refractivity contribution in [3.8, 4) is 11.4 Å². The molecule has 30 heavy (non-hydrogen) atoms. The maximum Gasteiger partial charge on any atom is 0.244 e. The molecule has 1 saturated carbocycles. The summed E-state index contributed by atoms with van der Waals surface area (Å²) in [7, 11) is 0. The summed E-state index contributed by atoms with van der Waals surface area (Å²) in [6, 6.07) is 4.07. The summed E-state index contributed by atoms with van der Waals surface area (Å²) in [6.45, 7) is 4.11. The van der Waals surface area contributed by atoms with Crippen molar-refractivity contribution in [3.05, 3.63) is 24.2 Å². The number of rotatable bonds is 10. The van der Waals surface area contributed by atoms with Crippen LogP contribution < -0.4 is 10.8 Å². The minimum atomic E-state index is -0.441. The highest BCUT2D eigenvalue weighted by Crippen LogP contribution is 2.31. The number of hydrogen-bond donors (Lipinski definition) is 3. The lowest BCUT2D eigenvalue weighted by Crippen LogP contribution is -2.21. The second kappa shape index (κ2) is 11.1. The Kier molecular flexibility index (Phi) is 8.19. The van der Waals surface area contributed by atoms with Crippen molar-refractivity contribution in [2.24, 2.45) is 5.92 Å². The van der Waals surface area contributed by atoms with Gasteiger partial charge in [0.25, 0.3) is 0 Å². The Labute approximate surface area is 177 Å². The molecule has 0 aromatic carbocycles. The Morgan fingerprint density at radius 1 is 1.27 bits per heavy atom. The van der Waals surface area contributed by atoms with Crippen LogP contribution in [0.3, 0.4) is 0 Å².